The van der Waals surface area contributed by atoms with Crippen LogP contribution in [0, 0.1) is 0 Å². The van der Waals surface area contributed by atoms with E-state index >= 15 is 0 Å². The predicted octanol–water partition coefficient (Wildman–Crippen LogP) is 4.75. The van der Waals surface area contributed by atoms with Crippen LogP contribution in [-0.2, 0) is 4.79 Å². The molecule has 3 rings (SSSR count). The number of nitrogens with one attached hydrogen (secondary N) is 2. The minimum Gasteiger partial charge on any atom is -0.321 e. The summed E-state index contributed by atoms with van der Waals surface area (Å²) < 4.78 is 0. The lowest BCUT2D eigenvalue weighted by atomic mass is 10.1. The number of carbonyl (C=O) groups is 2. The van der Waals surface area contributed by atoms with Crippen molar-refractivity contribution in [1.29, 1.82) is 0 Å². The van der Waals surface area contributed by atoms with E-state index in [0.29, 0.717) is 16.3 Å². The predicted molar refractivity (Wildman–Crippen MR) is 108 cm³/mol. The molecule has 0 saturated carbocycles. The SMILES string of the molecule is O=C(Nc1ccc(Cl)cc1)/C(=C/c1ccccc1)NC(=O)c1ccccc1. The van der Waals surface area contributed by atoms with Gasteiger partial charge in [-0.3, -0.25) is 9.59 Å². The van der Waals surface area contributed by atoms with E-state index in [9.17, 15) is 9.59 Å². The maximum absolute atomic E-state index is 12.7. The molecule has 2 amide bonds. The summed E-state index contributed by atoms with van der Waals surface area (Å²) in [6.45, 7) is 0. The highest BCUT2D eigenvalue weighted by atomic mass is 35.5. The average Bonchev–Trinajstić information content (AvgIpc) is 2.70. The largest absolute Gasteiger partial charge is 0.321 e. The standard InChI is InChI=1S/C22H17ClN2O2/c23-18-11-13-19(14-12-18)24-22(27)20(15-16-7-3-1-4-8-16)25-21(26)17-9-5-2-6-10-17/h1-15H,(H,24,27)(H,25,26)/b20-15-. The van der Waals surface area contributed by atoms with Crippen LogP contribution < -0.4 is 10.6 Å². The molecular weight excluding hydrogens is 360 g/mol. The van der Waals surface area contributed by atoms with Crippen LogP contribution in [0.1, 0.15) is 15.9 Å². The Bertz CT molecular complexity index is 953. The highest BCUT2D eigenvalue weighted by Gasteiger charge is 2.15. The molecule has 3 aromatic carbocycles. The molecule has 0 atom stereocenters. The fourth-order valence-electron chi connectivity index (χ4n) is 2.39. The monoisotopic (exact) mass is 376 g/mol. The van der Waals surface area contributed by atoms with Gasteiger partial charge in [0.1, 0.15) is 5.70 Å². The second-order valence-corrected chi connectivity index (χ2v) is 6.19. The Hall–Kier alpha value is -3.37. The first kappa shape index (κ1) is 18.4. The lowest BCUT2D eigenvalue weighted by Gasteiger charge is -2.11. The fraction of sp³-hybridized carbons (Fsp3) is 0. The van der Waals surface area contributed by atoms with Crippen molar-refractivity contribution >= 4 is 35.2 Å². The fourth-order valence-corrected chi connectivity index (χ4v) is 2.52. The van der Waals surface area contributed by atoms with Crippen LogP contribution in [0.3, 0.4) is 0 Å². The summed E-state index contributed by atoms with van der Waals surface area (Å²) >= 11 is 5.87. The Labute approximate surface area is 162 Å². The molecule has 134 valence electrons. The number of carbonyl (C=O) groups excluding carboxylic acids is 2. The zero-order valence-electron chi connectivity index (χ0n) is 14.4. The molecule has 27 heavy (non-hydrogen) atoms. The normalized spacial score (nSPS) is 10.9. The Morgan fingerprint density at radius 2 is 1.37 bits per heavy atom. The van der Waals surface area contributed by atoms with E-state index in [2.05, 4.69) is 10.6 Å². The molecule has 0 radical (unpaired) electrons. The molecule has 3 aromatic rings. The summed E-state index contributed by atoms with van der Waals surface area (Å²) in [7, 11) is 0. The summed E-state index contributed by atoms with van der Waals surface area (Å²) in [5.41, 5.74) is 1.99. The number of benzene rings is 3. The zero-order valence-corrected chi connectivity index (χ0v) is 15.1. The maximum atomic E-state index is 12.7. The van der Waals surface area contributed by atoms with Crippen molar-refractivity contribution in [2.75, 3.05) is 5.32 Å². The summed E-state index contributed by atoms with van der Waals surface area (Å²) in [4.78, 5) is 25.2. The first-order chi connectivity index (χ1) is 13.1. The van der Waals surface area contributed by atoms with Crippen LogP contribution in [0.25, 0.3) is 6.08 Å². The lowest BCUT2D eigenvalue weighted by molar-refractivity contribution is -0.113. The molecule has 4 nitrogen and oxygen atoms in total. The molecule has 5 heteroatoms. The van der Waals surface area contributed by atoms with Crippen LogP contribution in [0.5, 0.6) is 0 Å². The molecule has 0 spiro atoms. The van der Waals surface area contributed by atoms with Gasteiger partial charge in [0, 0.05) is 16.3 Å². The third-order valence-electron chi connectivity index (χ3n) is 3.74. The minimum absolute atomic E-state index is 0.144. The number of anilines is 1. The number of hydrogen-bond donors (Lipinski definition) is 2. The Morgan fingerprint density at radius 1 is 0.778 bits per heavy atom. The second kappa shape index (κ2) is 8.83. The van der Waals surface area contributed by atoms with Crippen LogP contribution in [0.15, 0.2) is 90.6 Å². The summed E-state index contributed by atoms with van der Waals surface area (Å²) in [5.74, 6) is -0.783. The molecule has 0 aliphatic rings. The van der Waals surface area contributed by atoms with Gasteiger partial charge in [0.05, 0.1) is 0 Å². The molecule has 0 saturated heterocycles. The molecule has 0 aromatic heterocycles. The Morgan fingerprint density at radius 3 is 2.00 bits per heavy atom. The van der Waals surface area contributed by atoms with Gasteiger partial charge in [-0.25, -0.2) is 0 Å². The van der Waals surface area contributed by atoms with Crippen LogP contribution >= 0.6 is 11.6 Å². The molecule has 0 unspecified atom stereocenters. The van der Waals surface area contributed by atoms with E-state index in [1.807, 2.05) is 36.4 Å². The molecule has 0 fully saturated rings. The van der Waals surface area contributed by atoms with Gasteiger partial charge in [-0.1, -0.05) is 60.1 Å². The van der Waals surface area contributed by atoms with Crippen molar-refractivity contribution in [3.05, 3.63) is 107 Å². The number of amides is 2. The zero-order chi connectivity index (χ0) is 19.1. The van der Waals surface area contributed by atoms with Crippen molar-refractivity contribution in [2.45, 2.75) is 0 Å². The Balaban J connectivity index is 1.85. The molecule has 0 heterocycles. The van der Waals surface area contributed by atoms with Crippen molar-refractivity contribution in [3.63, 3.8) is 0 Å². The van der Waals surface area contributed by atoms with Gasteiger partial charge in [-0.2, -0.15) is 0 Å². The van der Waals surface area contributed by atoms with E-state index in [0.717, 1.165) is 5.56 Å². The number of hydrogen-bond acceptors (Lipinski definition) is 2. The second-order valence-electron chi connectivity index (χ2n) is 5.75. The molecule has 0 aliphatic heterocycles. The van der Waals surface area contributed by atoms with Crippen molar-refractivity contribution in [3.8, 4) is 0 Å². The number of halogens is 1. The van der Waals surface area contributed by atoms with Gasteiger partial charge in [-0.15, -0.1) is 0 Å². The van der Waals surface area contributed by atoms with E-state index < -0.39 is 5.91 Å². The Kier molecular flexibility index (Phi) is 6.02. The molecular formula is C22H17ClN2O2. The van der Waals surface area contributed by atoms with Crippen molar-refractivity contribution in [2.24, 2.45) is 0 Å². The quantitative estimate of drug-likeness (QED) is 0.631. The first-order valence-corrected chi connectivity index (χ1v) is 8.70. The third kappa shape index (κ3) is 5.30. The van der Waals surface area contributed by atoms with E-state index in [1.54, 1.807) is 54.6 Å². The minimum atomic E-state index is -0.426. The van der Waals surface area contributed by atoms with Gasteiger partial charge >= 0.3 is 0 Å². The van der Waals surface area contributed by atoms with Gasteiger partial charge in [0.2, 0.25) is 0 Å². The van der Waals surface area contributed by atoms with Crippen LogP contribution in [0.4, 0.5) is 5.69 Å². The topological polar surface area (TPSA) is 58.2 Å². The molecule has 0 aliphatic carbocycles. The van der Waals surface area contributed by atoms with Gasteiger partial charge in [-0.05, 0) is 48.0 Å². The van der Waals surface area contributed by atoms with Gasteiger partial charge < -0.3 is 10.6 Å². The summed E-state index contributed by atoms with van der Waals surface area (Å²) in [6.07, 6.45) is 1.63. The summed E-state index contributed by atoms with van der Waals surface area (Å²) in [6, 6.07) is 24.8. The van der Waals surface area contributed by atoms with E-state index in [1.165, 1.54) is 0 Å². The van der Waals surface area contributed by atoms with Gasteiger partial charge in [0.15, 0.2) is 0 Å². The molecule has 2 N–H and O–H groups in total. The lowest BCUT2D eigenvalue weighted by Crippen LogP contribution is -2.30. The maximum Gasteiger partial charge on any atom is 0.272 e. The van der Waals surface area contributed by atoms with Gasteiger partial charge in [0.25, 0.3) is 11.8 Å². The summed E-state index contributed by atoms with van der Waals surface area (Å²) in [5, 5.41) is 6.04. The number of rotatable bonds is 5. The van der Waals surface area contributed by atoms with Crippen molar-refractivity contribution < 1.29 is 9.59 Å². The van der Waals surface area contributed by atoms with Crippen LogP contribution in [0.2, 0.25) is 5.02 Å². The van der Waals surface area contributed by atoms with E-state index in [-0.39, 0.29) is 11.6 Å². The highest BCUT2D eigenvalue weighted by Crippen LogP contribution is 2.15. The molecule has 0 bridgehead atoms. The third-order valence-corrected chi connectivity index (χ3v) is 3.99. The van der Waals surface area contributed by atoms with E-state index in [4.69, 9.17) is 11.6 Å². The van der Waals surface area contributed by atoms with Crippen molar-refractivity contribution in [1.82, 2.24) is 5.32 Å². The average molecular weight is 377 g/mol. The highest BCUT2D eigenvalue weighted by molar-refractivity contribution is 6.30. The van der Waals surface area contributed by atoms with Crippen LogP contribution in [-0.4, -0.2) is 11.8 Å². The smallest absolute Gasteiger partial charge is 0.272 e. The first-order valence-electron chi connectivity index (χ1n) is 8.32.